The molecule has 0 aliphatic heterocycles. The number of rotatable bonds is 4. The number of aromatic hydroxyl groups is 1. The molecule has 2 N–H and O–H groups in total. The molecule has 2 aromatic carbocycles. The van der Waals surface area contributed by atoms with Gasteiger partial charge in [-0.25, -0.2) is 4.39 Å². The lowest BCUT2D eigenvalue weighted by Crippen LogP contribution is -2.18. The average molecular weight is 314 g/mol. The number of halogens is 3. The molecule has 0 saturated carbocycles. The van der Waals surface area contributed by atoms with E-state index in [2.05, 4.69) is 5.32 Å². The standard InChI is InChI=1S/C15H14Cl2FNO/c1-9(11-6-14(18)13(17)7-12(11)16)19-8-10-4-2-3-5-15(10)20/h2-7,9,19-20H,8H2,1H3. The molecule has 2 nitrogen and oxygen atoms in total. The number of phenolic OH excluding ortho intramolecular Hbond substituents is 1. The van der Waals surface area contributed by atoms with E-state index in [0.29, 0.717) is 17.1 Å². The Kier molecular flexibility index (Phi) is 4.86. The molecule has 106 valence electrons. The normalized spacial score (nSPS) is 12.4. The Morgan fingerprint density at radius 3 is 2.60 bits per heavy atom. The van der Waals surface area contributed by atoms with Gasteiger partial charge >= 0.3 is 0 Å². The number of hydrogen-bond acceptors (Lipinski definition) is 2. The van der Waals surface area contributed by atoms with Crippen LogP contribution in [0.4, 0.5) is 4.39 Å². The van der Waals surface area contributed by atoms with E-state index in [-0.39, 0.29) is 16.8 Å². The van der Waals surface area contributed by atoms with Crippen molar-refractivity contribution >= 4 is 23.2 Å². The summed E-state index contributed by atoms with van der Waals surface area (Å²) in [6.45, 7) is 2.32. The summed E-state index contributed by atoms with van der Waals surface area (Å²) in [4.78, 5) is 0. The van der Waals surface area contributed by atoms with E-state index >= 15 is 0 Å². The molecule has 2 rings (SSSR count). The van der Waals surface area contributed by atoms with Crippen molar-refractivity contribution in [3.05, 3.63) is 63.4 Å². The molecule has 5 heteroatoms. The molecule has 0 aliphatic rings. The van der Waals surface area contributed by atoms with Crippen molar-refractivity contribution in [1.82, 2.24) is 5.32 Å². The van der Waals surface area contributed by atoms with Crippen molar-refractivity contribution in [3.8, 4) is 5.75 Å². The van der Waals surface area contributed by atoms with Crippen LogP contribution >= 0.6 is 23.2 Å². The number of nitrogens with one attached hydrogen (secondary N) is 1. The van der Waals surface area contributed by atoms with Gasteiger partial charge in [0.1, 0.15) is 11.6 Å². The first-order chi connectivity index (χ1) is 9.49. The Hall–Kier alpha value is -1.29. The molecule has 0 amide bonds. The summed E-state index contributed by atoms with van der Waals surface area (Å²) in [5, 5.41) is 13.3. The highest BCUT2D eigenvalue weighted by atomic mass is 35.5. The minimum Gasteiger partial charge on any atom is -0.508 e. The van der Waals surface area contributed by atoms with E-state index in [0.717, 1.165) is 5.56 Å². The molecule has 0 fully saturated rings. The molecule has 1 unspecified atom stereocenters. The van der Waals surface area contributed by atoms with Gasteiger partial charge in [0.25, 0.3) is 0 Å². The van der Waals surface area contributed by atoms with Crippen molar-refractivity contribution in [2.75, 3.05) is 0 Å². The maximum atomic E-state index is 13.5. The lowest BCUT2D eigenvalue weighted by atomic mass is 10.1. The zero-order chi connectivity index (χ0) is 14.7. The molecular weight excluding hydrogens is 300 g/mol. The van der Waals surface area contributed by atoms with Crippen LogP contribution in [0, 0.1) is 5.82 Å². The van der Waals surface area contributed by atoms with Gasteiger partial charge in [-0.3, -0.25) is 0 Å². The topological polar surface area (TPSA) is 32.3 Å². The summed E-state index contributed by atoms with van der Waals surface area (Å²) in [6, 6.07) is 9.59. The molecule has 1 atom stereocenters. The summed E-state index contributed by atoms with van der Waals surface area (Å²) in [6.07, 6.45) is 0. The molecular formula is C15H14Cl2FNO. The van der Waals surface area contributed by atoms with Gasteiger partial charge in [0.05, 0.1) is 5.02 Å². The van der Waals surface area contributed by atoms with Crippen LogP contribution in [0.5, 0.6) is 5.75 Å². The van der Waals surface area contributed by atoms with Gasteiger partial charge in [-0.15, -0.1) is 0 Å². The van der Waals surface area contributed by atoms with Gasteiger partial charge in [-0.1, -0.05) is 41.4 Å². The molecule has 0 aliphatic carbocycles. The molecule has 20 heavy (non-hydrogen) atoms. The SMILES string of the molecule is CC(NCc1ccccc1O)c1cc(F)c(Cl)cc1Cl. The third-order valence-electron chi connectivity index (χ3n) is 3.10. The lowest BCUT2D eigenvalue weighted by molar-refractivity contribution is 0.460. The number of benzene rings is 2. The molecule has 0 aromatic heterocycles. The van der Waals surface area contributed by atoms with Gasteiger partial charge in [-0.05, 0) is 30.7 Å². The van der Waals surface area contributed by atoms with Gasteiger partial charge in [-0.2, -0.15) is 0 Å². The van der Waals surface area contributed by atoms with E-state index in [1.165, 1.54) is 12.1 Å². The smallest absolute Gasteiger partial charge is 0.142 e. The Labute approximate surface area is 127 Å². The maximum Gasteiger partial charge on any atom is 0.142 e. The summed E-state index contributed by atoms with van der Waals surface area (Å²) in [7, 11) is 0. The van der Waals surface area contributed by atoms with Crippen LogP contribution in [-0.2, 0) is 6.54 Å². The Bertz CT molecular complexity index is 619. The minimum absolute atomic E-state index is 0.00616. The monoisotopic (exact) mass is 313 g/mol. The molecule has 0 heterocycles. The van der Waals surface area contributed by atoms with E-state index in [1.54, 1.807) is 12.1 Å². The Balaban J connectivity index is 2.11. The van der Waals surface area contributed by atoms with Gasteiger partial charge in [0.15, 0.2) is 0 Å². The van der Waals surface area contributed by atoms with E-state index in [9.17, 15) is 9.50 Å². The van der Waals surface area contributed by atoms with Crippen LogP contribution in [0.1, 0.15) is 24.1 Å². The van der Waals surface area contributed by atoms with E-state index < -0.39 is 5.82 Å². The highest BCUT2D eigenvalue weighted by molar-refractivity contribution is 6.35. The summed E-state index contributed by atoms with van der Waals surface area (Å²) in [5.41, 5.74) is 1.40. The first-order valence-corrected chi connectivity index (χ1v) is 6.89. The average Bonchev–Trinajstić information content (AvgIpc) is 2.41. The molecule has 0 bridgehead atoms. The second kappa shape index (κ2) is 6.44. The van der Waals surface area contributed by atoms with Gasteiger partial charge < -0.3 is 10.4 Å². The van der Waals surface area contributed by atoms with E-state index in [4.69, 9.17) is 23.2 Å². The number of hydrogen-bond donors (Lipinski definition) is 2. The Morgan fingerprint density at radius 1 is 1.20 bits per heavy atom. The predicted octanol–water partition coefficient (Wildman–Crippen LogP) is 4.69. The van der Waals surface area contributed by atoms with Crippen molar-refractivity contribution in [3.63, 3.8) is 0 Å². The van der Waals surface area contributed by atoms with Crippen LogP contribution in [0.15, 0.2) is 36.4 Å². The van der Waals surface area contributed by atoms with Gasteiger partial charge in [0.2, 0.25) is 0 Å². The first-order valence-electron chi connectivity index (χ1n) is 6.13. The third-order valence-corrected chi connectivity index (χ3v) is 3.71. The third kappa shape index (κ3) is 3.42. The highest BCUT2D eigenvalue weighted by Crippen LogP contribution is 2.29. The molecule has 0 spiro atoms. The summed E-state index contributed by atoms with van der Waals surface area (Å²) in [5.74, 6) is -0.275. The van der Waals surface area contributed by atoms with Crippen LogP contribution in [0.3, 0.4) is 0 Å². The van der Waals surface area contributed by atoms with Gasteiger partial charge in [0, 0.05) is 23.2 Å². The molecule has 0 saturated heterocycles. The molecule has 2 aromatic rings. The predicted molar refractivity (Wildman–Crippen MR) is 79.8 cm³/mol. The zero-order valence-electron chi connectivity index (χ0n) is 10.8. The van der Waals surface area contributed by atoms with Crippen molar-refractivity contribution < 1.29 is 9.50 Å². The first kappa shape index (κ1) is 15.1. The number of phenols is 1. The summed E-state index contributed by atoms with van der Waals surface area (Å²) < 4.78 is 13.5. The minimum atomic E-state index is -0.498. The van der Waals surface area contributed by atoms with Crippen LogP contribution in [0.2, 0.25) is 10.0 Å². The van der Waals surface area contributed by atoms with Crippen molar-refractivity contribution in [2.45, 2.75) is 19.5 Å². The van der Waals surface area contributed by atoms with Crippen molar-refractivity contribution in [2.24, 2.45) is 0 Å². The quantitative estimate of drug-likeness (QED) is 0.803. The van der Waals surface area contributed by atoms with Crippen LogP contribution < -0.4 is 5.32 Å². The second-order valence-electron chi connectivity index (χ2n) is 4.52. The summed E-state index contributed by atoms with van der Waals surface area (Å²) >= 11 is 11.7. The molecule has 0 radical (unpaired) electrons. The lowest BCUT2D eigenvalue weighted by Gasteiger charge is -2.16. The maximum absolute atomic E-state index is 13.5. The fourth-order valence-corrected chi connectivity index (χ4v) is 2.45. The zero-order valence-corrected chi connectivity index (χ0v) is 12.3. The van der Waals surface area contributed by atoms with Crippen LogP contribution in [-0.4, -0.2) is 5.11 Å². The fourth-order valence-electron chi connectivity index (χ4n) is 1.90. The number of para-hydroxylation sites is 1. The highest BCUT2D eigenvalue weighted by Gasteiger charge is 2.13. The fraction of sp³-hybridized carbons (Fsp3) is 0.200. The largest absolute Gasteiger partial charge is 0.508 e. The van der Waals surface area contributed by atoms with Crippen molar-refractivity contribution in [1.29, 1.82) is 0 Å². The van der Waals surface area contributed by atoms with E-state index in [1.807, 2.05) is 19.1 Å². The Morgan fingerprint density at radius 2 is 1.90 bits per heavy atom. The second-order valence-corrected chi connectivity index (χ2v) is 5.33. The van der Waals surface area contributed by atoms with Crippen LogP contribution in [0.25, 0.3) is 0 Å².